The first-order valence-corrected chi connectivity index (χ1v) is 9.38. The van der Waals surface area contributed by atoms with Gasteiger partial charge in [-0.25, -0.2) is 4.98 Å². The van der Waals surface area contributed by atoms with Gasteiger partial charge in [-0.3, -0.25) is 9.69 Å². The lowest BCUT2D eigenvalue weighted by atomic mass is 10.0. The molecule has 4 nitrogen and oxygen atoms in total. The minimum atomic E-state index is -0.0814. The van der Waals surface area contributed by atoms with Gasteiger partial charge in [0.2, 0.25) is 0 Å². The third-order valence-corrected chi connectivity index (χ3v) is 5.27. The molecule has 3 aromatic rings. The van der Waals surface area contributed by atoms with Crippen molar-refractivity contribution in [1.29, 1.82) is 0 Å². The molecule has 0 saturated heterocycles. The van der Waals surface area contributed by atoms with Gasteiger partial charge in [0.25, 0.3) is 5.56 Å². The van der Waals surface area contributed by atoms with Crippen molar-refractivity contribution in [2.24, 2.45) is 0 Å². The van der Waals surface area contributed by atoms with Crippen LogP contribution in [0.2, 0.25) is 0 Å². The van der Waals surface area contributed by atoms with E-state index in [1.54, 1.807) is 11.3 Å². The summed E-state index contributed by atoms with van der Waals surface area (Å²) in [5.41, 5.74) is 3.16. The van der Waals surface area contributed by atoms with Crippen LogP contribution in [0.15, 0.2) is 54.4 Å². The number of H-pyrrole nitrogens is 1. The van der Waals surface area contributed by atoms with E-state index in [-0.39, 0.29) is 5.56 Å². The van der Waals surface area contributed by atoms with Crippen molar-refractivity contribution in [3.63, 3.8) is 0 Å². The Balaban J connectivity index is 2.05. The number of aromatic amines is 1. The fourth-order valence-electron chi connectivity index (χ4n) is 3.09. The molecule has 2 heterocycles. The Morgan fingerprint density at radius 3 is 2.42 bits per heavy atom. The lowest BCUT2D eigenvalue weighted by molar-refractivity contribution is 0.319. The number of hydrogen-bond acceptors (Lipinski definition) is 4. The summed E-state index contributed by atoms with van der Waals surface area (Å²) in [6, 6.07) is 8.26. The number of nitrogens with zero attached hydrogens (tertiary/aromatic N) is 2. The number of aromatic nitrogens is 2. The molecule has 0 spiro atoms. The first-order chi connectivity index (χ1) is 12.5. The molecule has 0 fully saturated rings. The lowest BCUT2D eigenvalue weighted by Gasteiger charge is -2.17. The SMILES string of the molecule is C=CCN(CC=C)Cc1nc2sc(C)c(-c3ccc(C)cc3)c2c(=O)[nH]1. The molecule has 0 saturated carbocycles. The van der Waals surface area contributed by atoms with Crippen molar-refractivity contribution in [3.05, 3.63) is 76.2 Å². The van der Waals surface area contributed by atoms with Crippen molar-refractivity contribution < 1.29 is 0 Å². The van der Waals surface area contributed by atoms with Gasteiger partial charge in [0, 0.05) is 23.5 Å². The molecule has 0 aliphatic carbocycles. The van der Waals surface area contributed by atoms with Gasteiger partial charge >= 0.3 is 0 Å². The van der Waals surface area contributed by atoms with E-state index in [2.05, 4.69) is 54.2 Å². The normalized spacial score (nSPS) is 11.2. The monoisotopic (exact) mass is 365 g/mol. The van der Waals surface area contributed by atoms with Gasteiger partial charge in [0.1, 0.15) is 10.7 Å². The molecule has 1 N–H and O–H groups in total. The molecule has 134 valence electrons. The second kappa shape index (κ2) is 7.81. The van der Waals surface area contributed by atoms with Gasteiger partial charge in [-0.15, -0.1) is 24.5 Å². The van der Waals surface area contributed by atoms with Crippen LogP contribution in [0.25, 0.3) is 21.3 Å². The standard InChI is InChI=1S/C21H23N3OS/c1-5-11-24(12-6-2)13-17-22-20(25)19-18(15(4)26-21(19)23-17)16-9-7-14(3)8-10-16/h5-10H,1-2,11-13H2,3-4H3,(H,22,23,25). The summed E-state index contributed by atoms with van der Waals surface area (Å²) < 4.78 is 0. The van der Waals surface area contributed by atoms with Crippen LogP contribution in [0.4, 0.5) is 0 Å². The molecule has 2 aromatic heterocycles. The Morgan fingerprint density at radius 1 is 1.15 bits per heavy atom. The van der Waals surface area contributed by atoms with Gasteiger partial charge in [-0.05, 0) is 19.4 Å². The zero-order valence-electron chi connectivity index (χ0n) is 15.2. The van der Waals surface area contributed by atoms with Crippen LogP contribution in [0, 0.1) is 13.8 Å². The summed E-state index contributed by atoms with van der Waals surface area (Å²) in [7, 11) is 0. The molecule has 0 radical (unpaired) electrons. The van der Waals surface area contributed by atoms with Crippen molar-refractivity contribution >= 4 is 21.6 Å². The van der Waals surface area contributed by atoms with E-state index in [1.807, 2.05) is 19.1 Å². The predicted molar refractivity (Wildman–Crippen MR) is 111 cm³/mol. The van der Waals surface area contributed by atoms with Crippen molar-refractivity contribution in [3.8, 4) is 11.1 Å². The van der Waals surface area contributed by atoms with Crippen molar-refractivity contribution in [2.45, 2.75) is 20.4 Å². The smallest absolute Gasteiger partial charge is 0.260 e. The molecule has 0 aliphatic rings. The van der Waals surface area contributed by atoms with Crippen LogP contribution in [-0.4, -0.2) is 28.0 Å². The largest absolute Gasteiger partial charge is 0.309 e. The van der Waals surface area contributed by atoms with E-state index in [1.165, 1.54) is 5.56 Å². The van der Waals surface area contributed by atoms with E-state index in [9.17, 15) is 4.79 Å². The van der Waals surface area contributed by atoms with E-state index >= 15 is 0 Å². The Labute approximate surface area is 157 Å². The minimum absolute atomic E-state index is 0.0814. The Hall–Kier alpha value is -2.50. The Kier molecular flexibility index (Phi) is 5.49. The first-order valence-electron chi connectivity index (χ1n) is 8.57. The Bertz CT molecular complexity index is 989. The fourth-order valence-corrected chi connectivity index (χ4v) is 4.15. The predicted octanol–water partition coefficient (Wildman–Crippen LogP) is 4.44. The van der Waals surface area contributed by atoms with E-state index in [4.69, 9.17) is 4.98 Å². The highest BCUT2D eigenvalue weighted by atomic mass is 32.1. The molecule has 3 rings (SSSR count). The second-order valence-corrected chi connectivity index (χ2v) is 7.57. The van der Waals surface area contributed by atoms with Crippen LogP contribution in [-0.2, 0) is 6.54 Å². The topological polar surface area (TPSA) is 49.0 Å². The highest BCUT2D eigenvalue weighted by Gasteiger charge is 2.17. The van der Waals surface area contributed by atoms with Gasteiger partial charge in [-0.2, -0.15) is 0 Å². The van der Waals surface area contributed by atoms with Gasteiger partial charge in [0.15, 0.2) is 0 Å². The van der Waals surface area contributed by atoms with E-state index in [0.717, 1.165) is 20.8 Å². The molecule has 0 unspecified atom stereocenters. The number of nitrogens with one attached hydrogen (secondary N) is 1. The van der Waals surface area contributed by atoms with Crippen LogP contribution in [0.3, 0.4) is 0 Å². The number of benzene rings is 1. The zero-order valence-corrected chi connectivity index (χ0v) is 16.0. The molecule has 0 atom stereocenters. The highest BCUT2D eigenvalue weighted by Crippen LogP contribution is 2.35. The third-order valence-electron chi connectivity index (χ3n) is 4.28. The second-order valence-electron chi connectivity index (χ2n) is 6.36. The van der Waals surface area contributed by atoms with E-state index < -0.39 is 0 Å². The van der Waals surface area contributed by atoms with Crippen LogP contribution < -0.4 is 5.56 Å². The zero-order chi connectivity index (χ0) is 18.7. The number of aryl methyl sites for hydroxylation is 2. The number of fused-ring (bicyclic) bond motifs is 1. The number of rotatable bonds is 7. The summed E-state index contributed by atoms with van der Waals surface area (Å²) in [5.74, 6) is 0.669. The van der Waals surface area contributed by atoms with Crippen molar-refractivity contribution in [2.75, 3.05) is 13.1 Å². The molecule has 26 heavy (non-hydrogen) atoms. The number of hydrogen-bond donors (Lipinski definition) is 1. The summed E-state index contributed by atoms with van der Waals surface area (Å²) in [6.45, 7) is 13.6. The fraction of sp³-hybridized carbons (Fsp3) is 0.238. The van der Waals surface area contributed by atoms with Gasteiger partial charge in [0.05, 0.1) is 11.9 Å². The Morgan fingerprint density at radius 2 is 1.81 bits per heavy atom. The molecule has 0 amide bonds. The average Bonchev–Trinajstić information content (AvgIpc) is 2.92. The molecule has 5 heteroatoms. The van der Waals surface area contributed by atoms with E-state index in [0.29, 0.717) is 30.8 Å². The van der Waals surface area contributed by atoms with Crippen LogP contribution in [0.1, 0.15) is 16.3 Å². The van der Waals surface area contributed by atoms with Crippen LogP contribution >= 0.6 is 11.3 Å². The summed E-state index contributed by atoms with van der Waals surface area (Å²) in [4.78, 5) is 24.5. The number of thiophene rings is 1. The quantitative estimate of drug-likeness (QED) is 0.630. The average molecular weight is 366 g/mol. The minimum Gasteiger partial charge on any atom is -0.309 e. The summed E-state index contributed by atoms with van der Waals surface area (Å²) in [5, 5.41) is 0.680. The molecular formula is C21H23N3OS. The molecular weight excluding hydrogens is 342 g/mol. The molecule has 0 aliphatic heterocycles. The third kappa shape index (κ3) is 3.69. The lowest BCUT2D eigenvalue weighted by Crippen LogP contribution is -2.26. The summed E-state index contributed by atoms with van der Waals surface area (Å²) >= 11 is 1.57. The van der Waals surface area contributed by atoms with Crippen LogP contribution in [0.5, 0.6) is 0 Å². The van der Waals surface area contributed by atoms with Gasteiger partial charge in [-0.1, -0.05) is 42.0 Å². The van der Waals surface area contributed by atoms with Crippen molar-refractivity contribution in [1.82, 2.24) is 14.9 Å². The first kappa shape index (κ1) is 18.3. The molecule has 1 aromatic carbocycles. The summed E-state index contributed by atoms with van der Waals surface area (Å²) in [6.07, 6.45) is 3.68. The van der Waals surface area contributed by atoms with Gasteiger partial charge < -0.3 is 4.98 Å². The maximum atomic E-state index is 12.8. The highest BCUT2D eigenvalue weighted by molar-refractivity contribution is 7.19. The maximum absolute atomic E-state index is 12.8. The molecule has 0 bridgehead atoms. The maximum Gasteiger partial charge on any atom is 0.260 e.